The molecule has 100 valence electrons. The molecule has 3 nitrogen and oxygen atoms in total. The lowest BCUT2D eigenvalue weighted by molar-refractivity contribution is 0.532. The summed E-state index contributed by atoms with van der Waals surface area (Å²) in [7, 11) is 0. The predicted octanol–water partition coefficient (Wildman–Crippen LogP) is 2.74. The van der Waals surface area contributed by atoms with Crippen molar-refractivity contribution in [2.75, 3.05) is 13.1 Å². The molecule has 0 amide bonds. The van der Waals surface area contributed by atoms with Gasteiger partial charge in [-0.15, -0.1) is 0 Å². The van der Waals surface area contributed by atoms with E-state index in [1.54, 1.807) is 0 Å². The maximum Gasteiger partial charge on any atom is 0.0656 e. The minimum Gasteiger partial charge on any atom is -0.391 e. The molecule has 3 heteroatoms. The zero-order valence-corrected chi connectivity index (χ0v) is 11.9. The van der Waals surface area contributed by atoms with Gasteiger partial charge in [-0.25, -0.2) is 0 Å². The molecule has 0 fully saturated rings. The molecule has 0 saturated carbocycles. The number of likely N-dealkylation sites (N-methyl/N-ethyl adjacent to an activating group) is 1. The lowest BCUT2D eigenvalue weighted by Crippen LogP contribution is -2.36. The number of aliphatic imine (C=N–C) groups is 1. The van der Waals surface area contributed by atoms with Crippen LogP contribution in [0.1, 0.15) is 47.0 Å². The van der Waals surface area contributed by atoms with Gasteiger partial charge in [0.15, 0.2) is 0 Å². The van der Waals surface area contributed by atoms with Crippen molar-refractivity contribution >= 4 is 6.21 Å². The summed E-state index contributed by atoms with van der Waals surface area (Å²) in [6.07, 6.45) is 9.81. The van der Waals surface area contributed by atoms with E-state index in [1.165, 1.54) is 12.8 Å². The molecule has 0 aromatic rings. The van der Waals surface area contributed by atoms with E-state index in [0.29, 0.717) is 12.1 Å². The van der Waals surface area contributed by atoms with Crippen LogP contribution in [0.15, 0.2) is 17.3 Å². The first-order valence-corrected chi connectivity index (χ1v) is 6.91. The Labute approximate surface area is 107 Å². The summed E-state index contributed by atoms with van der Waals surface area (Å²) in [6.45, 7) is 10.5. The van der Waals surface area contributed by atoms with Gasteiger partial charge < -0.3 is 10.6 Å². The topological polar surface area (TPSA) is 36.4 Å². The molecule has 0 aliphatic rings. The highest BCUT2D eigenvalue weighted by Gasteiger charge is 2.10. The second kappa shape index (κ2) is 11.6. The first-order valence-electron chi connectivity index (χ1n) is 6.91. The Kier molecular flexibility index (Phi) is 11.1. The molecule has 0 aliphatic carbocycles. The van der Waals surface area contributed by atoms with Crippen LogP contribution in [-0.4, -0.2) is 31.4 Å². The third kappa shape index (κ3) is 8.93. The van der Waals surface area contributed by atoms with E-state index in [-0.39, 0.29) is 0 Å². The molecule has 0 aliphatic heterocycles. The molecule has 0 saturated heterocycles. The predicted molar refractivity (Wildman–Crippen MR) is 77.8 cm³/mol. The SMILES string of the molecule is CCCC/C=N\C(C)C(/C=C\NCC)NCC. The molecule has 0 bridgehead atoms. The van der Waals surface area contributed by atoms with E-state index in [0.717, 1.165) is 19.5 Å². The van der Waals surface area contributed by atoms with Gasteiger partial charge in [-0.05, 0) is 51.7 Å². The molecule has 17 heavy (non-hydrogen) atoms. The van der Waals surface area contributed by atoms with Crippen molar-refractivity contribution in [2.24, 2.45) is 4.99 Å². The molecular weight excluding hydrogens is 210 g/mol. The molecule has 0 radical (unpaired) electrons. The Morgan fingerprint density at radius 2 is 1.94 bits per heavy atom. The summed E-state index contributed by atoms with van der Waals surface area (Å²) < 4.78 is 0. The van der Waals surface area contributed by atoms with E-state index in [4.69, 9.17) is 0 Å². The number of rotatable bonds is 10. The molecule has 0 rings (SSSR count). The first kappa shape index (κ1) is 16.2. The summed E-state index contributed by atoms with van der Waals surface area (Å²) in [5.41, 5.74) is 0. The lowest BCUT2D eigenvalue weighted by atomic mass is 10.1. The highest BCUT2D eigenvalue weighted by Crippen LogP contribution is 2.01. The quantitative estimate of drug-likeness (QED) is 0.454. The fourth-order valence-corrected chi connectivity index (χ4v) is 1.55. The van der Waals surface area contributed by atoms with Crippen LogP contribution < -0.4 is 10.6 Å². The van der Waals surface area contributed by atoms with Crippen molar-refractivity contribution in [3.05, 3.63) is 12.3 Å². The van der Waals surface area contributed by atoms with E-state index >= 15 is 0 Å². The zero-order chi connectivity index (χ0) is 12.9. The van der Waals surface area contributed by atoms with Gasteiger partial charge in [-0.2, -0.15) is 0 Å². The van der Waals surface area contributed by atoms with Crippen LogP contribution in [0.3, 0.4) is 0 Å². The van der Waals surface area contributed by atoms with Crippen LogP contribution in [-0.2, 0) is 0 Å². The van der Waals surface area contributed by atoms with Crippen LogP contribution in [0, 0.1) is 0 Å². The van der Waals surface area contributed by atoms with Crippen LogP contribution in [0.4, 0.5) is 0 Å². The van der Waals surface area contributed by atoms with E-state index < -0.39 is 0 Å². The number of hydrogen-bond acceptors (Lipinski definition) is 3. The lowest BCUT2D eigenvalue weighted by Gasteiger charge is -2.18. The van der Waals surface area contributed by atoms with Crippen molar-refractivity contribution in [3.8, 4) is 0 Å². The maximum absolute atomic E-state index is 4.59. The Hall–Kier alpha value is -0.830. The van der Waals surface area contributed by atoms with Gasteiger partial charge >= 0.3 is 0 Å². The van der Waals surface area contributed by atoms with Crippen molar-refractivity contribution in [3.63, 3.8) is 0 Å². The highest BCUT2D eigenvalue weighted by molar-refractivity contribution is 5.57. The second-order valence-electron chi connectivity index (χ2n) is 4.21. The van der Waals surface area contributed by atoms with Crippen molar-refractivity contribution < 1.29 is 0 Å². The van der Waals surface area contributed by atoms with Crippen LogP contribution in [0.2, 0.25) is 0 Å². The Morgan fingerprint density at radius 1 is 1.18 bits per heavy atom. The normalized spacial score (nSPS) is 15.5. The third-order valence-corrected chi connectivity index (χ3v) is 2.61. The minimum absolute atomic E-state index is 0.293. The van der Waals surface area contributed by atoms with Crippen molar-refractivity contribution in [2.45, 2.75) is 59.0 Å². The van der Waals surface area contributed by atoms with Crippen LogP contribution >= 0.6 is 0 Å². The van der Waals surface area contributed by atoms with E-state index in [2.05, 4.69) is 55.6 Å². The summed E-state index contributed by atoms with van der Waals surface area (Å²) in [5.74, 6) is 0. The summed E-state index contributed by atoms with van der Waals surface area (Å²) in [4.78, 5) is 4.59. The van der Waals surface area contributed by atoms with E-state index in [9.17, 15) is 0 Å². The third-order valence-electron chi connectivity index (χ3n) is 2.61. The average Bonchev–Trinajstić information content (AvgIpc) is 2.33. The Bertz CT molecular complexity index is 212. The van der Waals surface area contributed by atoms with Gasteiger partial charge in [0, 0.05) is 12.6 Å². The Morgan fingerprint density at radius 3 is 2.53 bits per heavy atom. The fraction of sp³-hybridized carbons (Fsp3) is 0.786. The molecule has 0 aromatic heterocycles. The van der Waals surface area contributed by atoms with Gasteiger partial charge in [0.2, 0.25) is 0 Å². The second-order valence-corrected chi connectivity index (χ2v) is 4.21. The first-order chi connectivity index (χ1) is 8.26. The van der Waals surface area contributed by atoms with Crippen LogP contribution in [0.5, 0.6) is 0 Å². The largest absolute Gasteiger partial charge is 0.391 e. The summed E-state index contributed by atoms with van der Waals surface area (Å²) >= 11 is 0. The molecule has 0 heterocycles. The molecule has 0 aromatic carbocycles. The molecular formula is C14H29N3. The van der Waals surface area contributed by atoms with Crippen molar-refractivity contribution in [1.82, 2.24) is 10.6 Å². The maximum atomic E-state index is 4.59. The van der Waals surface area contributed by atoms with Gasteiger partial charge in [0.1, 0.15) is 0 Å². The molecule has 0 spiro atoms. The van der Waals surface area contributed by atoms with Crippen molar-refractivity contribution in [1.29, 1.82) is 0 Å². The monoisotopic (exact) mass is 239 g/mol. The van der Waals surface area contributed by atoms with Gasteiger partial charge in [-0.1, -0.05) is 20.3 Å². The van der Waals surface area contributed by atoms with E-state index in [1.807, 2.05) is 6.20 Å². The number of hydrogen-bond donors (Lipinski definition) is 2. The smallest absolute Gasteiger partial charge is 0.0656 e. The fourth-order valence-electron chi connectivity index (χ4n) is 1.55. The highest BCUT2D eigenvalue weighted by atomic mass is 15.0. The molecule has 2 unspecified atom stereocenters. The van der Waals surface area contributed by atoms with Gasteiger partial charge in [0.25, 0.3) is 0 Å². The van der Waals surface area contributed by atoms with Gasteiger partial charge in [-0.3, -0.25) is 4.99 Å². The standard InChI is InChI=1S/C14H29N3/c1-5-8-9-11-17-13(4)14(16-7-3)10-12-15-6-2/h10-16H,5-9H2,1-4H3/b12-10-,17-11-. The minimum atomic E-state index is 0.293. The number of nitrogens with zero attached hydrogens (tertiary/aromatic N) is 1. The molecule has 2 atom stereocenters. The number of nitrogens with one attached hydrogen (secondary N) is 2. The zero-order valence-electron chi connectivity index (χ0n) is 11.9. The Balaban J connectivity index is 4.12. The number of unbranched alkanes of at least 4 members (excludes halogenated alkanes) is 2. The summed E-state index contributed by atoms with van der Waals surface area (Å²) in [6, 6.07) is 0.610. The summed E-state index contributed by atoms with van der Waals surface area (Å²) in [5, 5.41) is 6.64. The van der Waals surface area contributed by atoms with Gasteiger partial charge in [0.05, 0.1) is 6.04 Å². The molecule has 2 N–H and O–H groups in total. The van der Waals surface area contributed by atoms with Crippen LogP contribution in [0.25, 0.3) is 0 Å². The average molecular weight is 239 g/mol.